The lowest BCUT2D eigenvalue weighted by atomic mass is 10.1. The second kappa shape index (κ2) is 15.6. The molecule has 1 N–H and O–H groups in total. The first kappa shape index (κ1) is 32.1. The molecular formula is C31H26BCl2NO9. The van der Waals surface area contributed by atoms with Gasteiger partial charge in [0.05, 0.1) is 32.0 Å². The van der Waals surface area contributed by atoms with Crippen molar-refractivity contribution in [1.29, 1.82) is 0 Å². The van der Waals surface area contributed by atoms with Gasteiger partial charge in [-0.25, -0.2) is 14.4 Å². The van der Waals surface area contributed by atoms with Crippen LogP contribution in [-0.4, -0.2) is 46.2 Å². The summed E-state index contributed by atoms with van der Waals surface area (Å²) in [6, 6.07) is 24.6. The summed E-state index contributed by atoms with van der Waals surface area (Å²) in [5.41, 5.74) is 1.15. The molecule has 226 valence electrons. The third-order valence-electron chi connectivity index (χ3n) is 5.89. The number of halogens is 2. The Kier molecular flexibility index (Phi) is 11.3. The van der Waals surface area contributed by atoms with Crippen molar-refractivity contribution >= 4 is 54.2 Å². The fourth-order valence-corrected chi connectivity index (χ4v) is 4.01. The highest BCUT2D eigenvalue weighted by atomic mass is 35.5. The number of benzene rings is 4. The molecular weight excluding hydrogens is 612 g/mol. The van der Waals surface area contributed by atoms with E-state index in [2.05, 4.69) is 5.32 Å². The Morgan fingerprint density at radius 1 is 0.659 bits per heavy atom. The summed E-state index contributed by atoms with van der Waals surface area (Å²) < 4.78 is 32.4. The summed E-state index contributed by atoms with van der Waals surface area (Å²) in [6.07, 6.45) is -0.376. The number of ether oxygens (including phenoxy) is 3. The molecule has 0 atom stereocenters. The molecule has 0 radical (unpaired) electrons. The van der Waals surface area contributed by atoms with E-state index in [9.17, 15) is 14.4 Å². The van der Waals surface area contributed by atoms with Gasteiger partial charge in [0.15, 0.2) is 0 Å². The number of esters is 2. The third kappa shape index (κ3) is 9.58. The highest BCUT2D eigenvalue weighted by Gasteiger charge is 2.30. The molecule has 0 unspecified atom stereocenters. The van der Waals surface area contributed by atoms with E-state index < -0.39 is 25.4 Å². The molecule has 0 aliphatic rings. The molecule has 0 spiro atoms. The van der Waals surface area contributed by atoms with Gasteiger partial charge in [-0.3, -0.25) is 5.32 Å². The van der Waals surface area contributed by atoms with Crippen LogP contribution in [0.2, 0.25) is 10.0 Å². The van der Waals surface area contributed by atoms with Crippen LogP contribution < -0.4 is 19.3 Å². The molecule has 4 aromatic carbocycles. The van der Waals surface area contributed by atoms with Crippen molar-refractivity contribution in [2.75, 3.05) is 26.1 Å². The Labute approximate surface area is 263 Å². The fraction of sp³-hybridized carbons (Fsp3) is 0.129. The van der Waals surface area contributed by atoms with Crippen LogP contribution in [0.4, 0.5) is 10.5 Å². The summed E-state index contributed by atoms with van der Waals surface area (Å²) >= 11 is 12.0. The van der Waals surface area contributed by atoms with E-state index in [1.54, 1.807) is 72.8 Å². The van der Waals surface area contributed by atoms with Gasteiger partial charge in [-0.1, -0.05) is 35.3 Å². The van der Waals surface area contributed by atoms with Crippen molar-refractivity contribution in [3.05, 3.63) is 118 Å². The quantitative estimate of drug-likeness (QED) is 0.101. The van der Waals surface area contributed by atoms with E-state index in [0.29, 0.717) is 33.7 Å². The lowest BCUT2D eigenvalue weighted by Crippen LogP contribution is -2.36. The first-order chi connectivity index (χ1) is 21.2. The van der Waals surface area contributed by atoms with Gasteiger partial charge in [0.2, 0.25) is 0 Å². The summed E-state index contributed by atoms with van der Waals surface area (Å²) in [4.78, 5) is 36.3. The smallest absolute Gasteiger partial charge is 0.490 e. The van der Waals surface area contributed by atoms with Gasteiger partial charge >= 0.3 is 25.4 Å². The maximum absolute atomic E-state index is 12.4. The zero-order valence-corrected chi connectivity index (χ0v) is 25.1. The topological polar surface area (TPSA) is 119 Å². The molecule has 0 heterocycles. The monoisotopic (exact) mass is 637 g/mol. The van der Waals surface area contributed by atoms with E-state index in [0.717, 1.165) is 5.56 Å². The first-order valence-corrected chi connectivity index (χ1v) is 13.8. The Bertz CT molecular complexity index is 1500. The molecule has 0 aromatic heterocycles. The minimum atomic E-state index is -1.13. The van der Waals surface area contributed by atoms with E-state index >= 15 is 0 Å². The predicted octanol–water partition coefficient (Wildman–Crippen LogP) is 6.88. The number of anilines is 1. The fourth-order valence-electron chi connectivity index (χ4n) is 3.75. The minimum absolute atomic E-state index is 0.0502. The molecule has 0 saturated heterocycles. The Morgan fingerprint density at radius 3 is 1.52 bits per heavy atom. The standard InChI is InChI=1S/C31H26BCl2NO9/c1-39-29(36)21-17-22(30(37)40-2)19-25(18-21)35-31(38)41-16-15-20-3-9-26(10-4-20)42-32(43-27-11-5-23(33)6-12-27)44-28-13-7-24(34)8-14-28/h3-14,17-19H,15-16H2,1-2H3,(H,35,38). The van der Waals surface area contributed by atoms with Crippen LogP contribution in [0, 0.1) is 0 Å². The van der Waals surface area contributed by atoms with Crippen molar-refractivity contribution in [3.8, 4) is 17.2 Å². The number of carbonyl (C=O) groups is 3. The lowest BCUT2D eigenvalue weighted by Gasteiger charge is -2.17. The van der Waals surface area contributed by atoms with Crippen LogP contribution in [0.25, 0.3) is 0 Å². The minimum Gasteiger partial charge on any atom is -0.490 e. The molecule has 4 aromatic rings. The Morgan fingerprint density at radius 2 is 1.09 bits per heavy atom. The number of rotatable bonds is 12. The summed E-state index contributed by atoms with van der Waals surface area (Å²) in [5.74, 6) is 0.0724. The Hall–Kier alpha value is -4.87. The summed E-state index contributed by atoms with van der Waals surface area (Å²) in [6.45, 7) is 0.0502. The number of hydrogen-bond donors (Lipinski definition) is 1. The highest BCUT2D eigenvalue weighted by Crippen LogP contribution is 2.22. The Balaban J connectivity index is 1.33. The molecule has 0 aliphatic heterocycles. The lowest BCUT2D eigenvalue weighted by molar-refractivity contribution is 0.0599. The van der Waals surface area contributed by atoms with Crippen molar-refractivity contribution in [2.45, 2.75) is 6.42 Å². The van der Waals surface area contributed by atoms with Gasteiger partial charge in [-0.05, 0) is 84.4 Å². The maximum Gasteiger partial charge on any atom is 0.864 e. The van der Waals surface area contributed by atoms with Crippen LogP contribution in [0.1, 0.15) is 26.3 Å². The van der Waals surface area contributed by atoms with Crippen molar-refractivity contribution in [1.82, 2.24) is 0 Å². The van der Waals surface area contributed by atoms with E-state index in [-0.39, 0.29) is 23.4 Å². The summed E-state index contributed by atoms with van der Waals surface area (Å²) in [7, 11) is 1.28. The van der Waals surface area contributed by atoms with E-state index in [4.69, 9.17) is 51.4 Å². The molecule has 13 heteroatoms. The van der Waals surface area contributed by atoms with Gasteiger partial charge in [0, 0.05) is 22.2 Å². The SMILES string of the molecule is COC(=O)c1cc(NC(=O)OCCc2ccc(OB(Oc3ccc(Cl)cc3)Oc3ccc(Cl)cc3)cc2)cc(C(=O)OC)c1. The molecule has 0 aliphatic carbocycles. The van der Waals surface area contributed by atoms with Gasteiger partial charge in [-0.15, -0.1) is 0 Å². The molecule has 0 saturated carbocycles. The molecule has 44 heavy (non-hydrogen) atoms. The van der Waals surface area contributed by atoms with Crippen molar-refractivity contribution < 1.29 is 42.6 Å². The summed E-state index contributed by atoms with van der Waals surface area (Å²) in [5, 5.41) is 3.63. The zero-order chi connectivity index (χ0) is 31.5. The van der Waals surface area contributed by atoms with Crippen LogP contribution in [-0.2, 0) is 20.6 Å². The molecule has 0 fully saturated rings. The van der Waals surface area contributed by atoms with Crippen LogP contribution in [0.15, 0.2) is 91.0 Å². The van der Waals surface area contributed by atoms with E-state index in [1.807, 2.05) is 0 Å². The van der Waals surface area contributed by atoms with Crippen molar-refractivity contribution in [2.24, 2.45) is 0 Å². The van der Waals surface area contributed by atoms with Gasteiger partial charge < -0.3 is 28.2 Å². The average Bonchev–Trinajstić information content (AvgIpc) is 3.03. The number of amides is 1. The van der Waals surface area contributed by atoms with Gasteiger partial charge in [-0.2, -0.15) is 0 Å². The first-order valence-electron chi connectivity index (χ1n) is 13.1. The van der Waals surface area contributed by atoms with E-state index in [1.165, 1.54) is 32.4 Å². The molecule has 0 bridgehead atoms. The second-order valence-corrected chi connectivity index (χ2v) is 9.86. The highest BCUT2D eigenvalue weighted by molar-refractivity contribution is 6.39. The number of carbonyl (C=O) groups excluding carboxylic acids is 3. The second-order valence-electron chi connectivity index (χ2n) is 8.99. The van der Waals surface area contributed by atoms with Gasteiger partial charge in [0.25, 0.3) is 0 Å². The van der Waals surface area contributed by atoms with Crippen LogP contribution in [0.5, 0.6) is 17.2 Å². The third-order valence-corrected chi connectivity index (χ3v) is 6.40. The number of nitrogens with one attached hydrogen (secondary N) is 1. The normalized spacial score (nSPS) is 10.3. The molecule has 10 nitrogen and oxygen atoms in total. The molecule has 1 amide bonds. The van der Waals surface area contributed by atoms with Crippen LogP contribution in [0.3, 0.4) is 0 Å². The van der Waals surface area contributed by atoms with Gasteiger partial charge in [0.1, 0.15) is 17.2 Å². The average molecular weight is 638 g/mol. The van der Waals surface area contributed by atoms with Crippen molar-refractivity contribution in [3.63, 3.8) is 0 Å². The molecule has 4 rings (SSSR count). The predicted molar refractivity (Wildman–Crippen MR) is 165 cm³/mol. The number of hydrogen-bond acceptors (Lipinski definition) is 9. The van der Waals surface area contributed by atoms with Crippen LogP contribution >= 0.6 is 23.2 Å². The maximum atomic E-state index is 12.4. The zero-order valence-electron chi connectivity index (χ0n) is 23.6. The largest absolute Gasteiger partial charge is 0.864 e. The number of methoxy groups -OCH3 is 2.